The third-order valence-corrected chi connectivity index (χ3v) is 7.58. The number of aliphatic carboxylic acids is 1. The van der Waals surface area contributed by atoms with Crippen LogP contribution in [0.5, 0.6) is 0 Å². The number of thiophene rings is 1. The maximum atomic E-state index is 12.6. The summed E-state index contributed by atoms with van der Waals surface area (Å²) < 4.78 is 0. The first-order chi connectivity index (χ1) is 14.0. The van der Waals surface area contributed by atoms with E-state index in [-0.39, 0.29) is 18.0 Å². The van der Waals surface area contributed by atoms with Crippen molar-refractivity contribution in [3.8, 4) is 0 Å². The van der Waals surface area contributed by atoms with Gasteiger partial charge in [-0.25, -0.2) is 14.8 Å². The monoisotopic (exact) mass is 448 g/mol. The number of hydrogen-bond donors (Lipinski definition) is 2. The smallest absolute Gasteiger partial charge is 0.352 e. The van der Waals surface area contributed by atoms with E-state index in [0.717, 1.165) is 4.88 Å². The van der Waals surface area contributed by atoms with Crippen LogP contribution < -0.4 is 5.32 Å². The minimum atomic E-state index is -1.14. The van der Waals surface area contributed by atoms with Crippen molar-refractivity contribution in [1.82, 2.24) is 20.2 Å². The summed E-state index contributed by atoms with van der Waals surface area (Å²) in [6, 6.07) is 4.73. The van der Waals surface area contributed by atoms with E-state index in [4.69, 9.17) is 0 Å². The Morgan fingerprint density at radius 2 is 2.10 bits per heavy atom. The van der Waals surface area contributed by atoms with Gasteiger partial charge in [-0.2, -0.15) is 0 Å². The molecule has 2 aliphatic rings. The molecule has 29 heavy (non-hydrogen) atoms. The number of amides is 2. The second kappa shape index (κ2) is 8.56. The van der Waals surface area contributed by atoms with Crippen LogP contribution in [0.15, 0.2) is 52.4 Å². The van der Waals surface area contributed by atoms with Crippen molar-refractivity contribution in [1.29, 1.82) is 0 Å². The number of fused-ring (bicyclic) bond motifs is 1. The molecular weight excluding hydrogens is 432 g/mol. The molecule has 0 aromatic carbocycles. The van der Waals surface area contributed by atoms with Crippen LogP contribution in [0.1, 0.15) is 4.88 Å². The van der Waals surface area contributed by atoms with Crippen LogP contribution >= 0.6 is 34.9 Å². The molecule has 1 fully saturated rings. The number of aromatic nitrogens is 2. The lowest BCUT2D eigenvalue weighted by atomic mass is 10.0. The molecule has 2 aliphatic heterocycles. The van der Waals surface area contributed by atoms with Gasteiger partial charge in [-0.15, -0.1) is 23.1 Å². The minimum Gasteiger partial charge on any atom is -0.477 e. The summed E-state index contributed by atoms with van der Waals surface area (Å²) in [6.07, 6.45) is 3.45. The molecule has 2 aromatic rings. The summed E-state index contributed by atoms with van der Waals surface area (Å²) in [6.45, 7) is 0. The van der Waals surface area contributed by atoms with Crippen LogP contribution in [-0.4, -0.2) is 60.7 Å². The van der Waals surface area contributed by atoms with Crippen LogP contribution in [0.25, 0.3) is 0 Å². The van der Waals surface area contributed by atoms with Gasteiger partial charge < -0.3 is 10.4 Å². The lowest BCUT2D eigenvalue weighted by Crippen LogP contribution is -2.70. The SMILES string of the molecule is O=C(Cc1cccs1)NC1C(=O)N2C(C(=O)O)=C(CSc3ncccn3)CS[C@@H]12. The number of carbonyl (C=O) groups is 3. The minimum absolute atomic E-state index is 0.00550. The standard InChI is InChI=1S/C18H16N4O4S3/c23-12(7-11-3-1-6-27-11)21-13-15(24)22-14(17(25)26)10(8-28-16(13)22)9-29-18-19-4-2-5-20-18/h1-6,13,16H,7-9H2,(H,21,23)(H,25,26)/t13?,16-/m0/s1. The lowest BCUT2D eigenvalue weighted by molar-refractivity contribution is -0.150. The van der Waals surface area contributed by atoms with Gasteiger partial charge in [-0.3, -0.25) is 14.5 Å². The van der Waals surface area contributed by atoms with Crippen molar-refractivity contribution in [3.05, 3.63) is 52.1 Å². The van der Waals surface area contributed by atoms with Gasteiger partial charge >= 0.3 is 5.97 Å². The Balaban J connectivity index is 1.44. The zero-order valence-electron chi connectivity index (χ0n) is 15.0. The highest BCUT2D eigenvalue weighted by Gasteiger charge is 2.54. The van der Waals surface area contributed by atoms with E-state index in [0.29, 0.717) is 22.2 Å². The molecule has 8 nitrogen and oxygen atoms in total. The molecule has 0 saturated carbocycles. The van der Waals surface area contributed by atoms with Crippen molar-refractivity contribution in [2.24, 2.45) is 0 Å². The predicted octanol–water partition coefficient (Wildman–Crippen LogP) is 1.61. The van der Waals surface area contributed by atoms with E-state index in [1.165, 1.54) is 39.8 Å². The molecule has 1 saturated heterocycles. The fourth-order valence-corrected chi connectivity index (χ4v) is 6.09. The summed E-state index contributed by atoms with van der Waals surface area (Å²) in [5.41, 5.74) is 0.652. The molecule has 0 bridgehead atoms. The van der Waals surface area contributed by atoms with Crippen LogP contribution in [0.2, 0.25) is 0 Å². The Bertz CT molecular complexity index is 965. The van der Waals surface area contributed by atoms with Gasteiger partial charge in [0, 0.05) is 28.8 Å². The largest absolute Gasteiger partial charge is 0.477 e. The molecular formula is C18H16N4O4S3. The molecule has 4 rings (SSSR count). The molecule has 2 N–H and O–H groups in total. The van der Waals surface area contributed by atoms with Crippen molar-refractivity contribution >= 4 is 52.6 Å². The van der Waals surface area contributed by atoms with Gasteiger partial charge in [0.25, 0.3) is 5.91 Å². The van der Waals surface area contributed by atoms with Crippen LogP contribution in [0.4, 0.5) is 0 Å². The average molecular weight is 449 g/mol. The fraction of sp³-hybridized carbons (Fsp3) is 0.278. The Kier molecular flexibility index (Phi) is 5.88. The second-order valence-corrected chi connectivity index (χ2v) is 9.37. The third-order valence-electron chi connectivity index (χ3n) is 4.40. The molecule has 0 radical (unpaired) electrons. The fourth-order valence-electron chi connectivity index (χ4n) is 3.10. The van der Waals surface area contributed by atoms with Gasteiger partial charge in [0.2, 0.25) is 5.91 Å². The van der Waals surface area contributed by atoms with Crippen molar-refractivity contribution in [2.75, 3.05) is 11.5 Å². The summed E-state index contributed by atoms with van der Waals surface area (Å²) in [4.78, 5) is 47.2. The second-order valence-electron chi connectivity index (χ2n) is 6.29. The highest BCUT2D eigenvalue weighted by atomic mass is 32.2. The lowest BCUT2D eigenvalue weighted by Gasteiger charge is -2.49. The number of carboxylic acids is 1. The summed E-state index contributed by atoms with van der Waals surface area (Å²) in [5, 5.41) is 14.5. The van der Waals surface area contributed by atoms with E-state index in [1.54, 1.807) is 18.5 Å². The number of nitrogens with one attached hydrogen (secondary N) is 1. The van der Waals surface area contributed by atoms with E-state index in [9.17, 15) is 19.5 Å². The van der Waals surface area contributed by atoms with E-state index in [2.05, 4.69) is 15.3 Å². The number of thioether (sulfide) groups is 2. The summed E-state index contributed by atoms with van der Waals surface area (Å²) in [7, 11) is 0. The molecule has 2 aromatic heterocycles. The molecule has 150 valence electrons. The van der Waals surface area contributed by atoms with Crippen LogP contribution in [-0.2, 0) is 20.8 Å². The highest BCUT2D eigenvalue weighted by Crippen LogP contribution is 2.41. The molecule has 0 spiro atoms. The first-order valence-corrected chi connectivity index (χ1v) is 11.6. The molecule has 2 amide bonds. The topological polar surface area (TPSA) is 112 Å². The number of hydrogen-bond acceptors (Lipinski definition) is 8. The quantitative estimate of drug-likeness (QED) is 0.373. The average Bonchev–Trinajstić information content (AvgIpc) is 3.23. The summed E-state index contributed by atoms with van der Waals surface area (Å²) >= 11 is 4.26. The van der Waals surface area contributed by atoms with Gasteiger partial charge in [0.15, 0.2) is 5.16 Å². The van der Waals surface area contributed by atoms with Gasteiger partial charge in [0.05, 0.1) is 6.42 Å². The number of carboxylic acid groups (broad SMARTS) is 1. The normalized spacial score (nSPS) is 20.8. The van der Waals surface area contributed by atoms with Crippen molar-refractivity contribution in [2.45, 2.75) is 23.0 Å². The van der Waals surface area contributed by atoms with Crippen molar-refractivity contribution in [3.63, 3.8) is 0 Å². The van der Waals surface area contributed by atoms with E-state index < -0.39 is 23.3 Å². The number of carbonyl (C=O) groups excluding carboxylic acids is 2. The molecule has 0 aliphatic carbocycles. The Hall–Kier alpha value is -2.37. The van der Waals surface area contributed by atoms with E-state index >= 15 is 0 Å². The number of β-lactam (4-membered cyclic amide) rings is 1. The first-order valence-electron chi connectivity index (χ1n) is 8.66. The Morgan fingerprint density at radius 3 is 2.79 bits per heavy atom. The van der Waals surface area contributed by atoms with Crippen LogP contribution in [0, 0.1) is 0 Å². The zero-order valence-corrected chi connectivity index (χ0v) is 17.4. The van der Waals surface area contributed by atoms with Gasteiger partial charge in [-0.1, -0.05) is 17.8 Å². The Morgan fingerprint density at radius 1 is 1.31 bits per heavy atom. The number of nitrogens with zero attached hydrogens (tertiary/aromatic N) is 3. The third kappa shape index (κ3) is 4.16. The molecule has 2 atom stereocenters. The maximum Gasteiger partial charge on any atom is 0.352 e. The summed E-state index contributed by atoms with van der Waals surface area (Å²) in [5.74, 6) is -0.929. The zero-order chi connectivity index (χ0) is 20.4. The Labute approximate surface area is 178 Å². The molecule has 1 unspecified atom stereocenters. The first kappa shape index (κ1) is 19.9. The van der Waals surface area contributed by atoms with Crippen LogP contribution in [0.3, 0.4) is 0 Å². The highest BCUT2D eigenvalue weighted by molar-refractivity contribution is 8.01. The van der Waals surface area contributed by atoms with Gasteiger partial charge in [0.1, 0.15) is 17.1 Å². The predicted molar refractivity (Wildman–Crippen MR) is 110 cm³/mol. The van der Waals surface area contributed by atoms with Crippen molar-refractivity contribution < 1.29 is 19.5 Å². The van der Waals surface area contributed by atoms with Gasteiger partial charge in [-0.05, 0) is 23.1 Å². The number of rotatable bonds is 7. The molecule has 11 heteroatoms. The molecule has 4 heterocycles. The van der Waals surface area contributed by atoms with E-state index in [1.807, 2.05) is 17.5 Å². The maximum absolute atomic E-state index is 12.6.